The van der Waals surface area contributed by atoms with E-state index in [4.69, 9.17) is 4.74 Å². The molecule has 1 saturated heterocycles. The van der Waals surface area contributed by atoms with E-state index in [0.29, 0.717) is 17.7 Å². The van der Waals surface area contributed by atoms with Gasteiger partial charge in [0.1, 0.15) is 5.75 Å². The fourth-order valence-electron chi connectivity index (χ4n) is 2.42. The number of ether oxygens (including phenoxy) is 1. The SMILES string of the molecule is COCC1CCCNC1c1ccc(O)cc1. The van der Waals surface area contributed by atoms with Crippen molar-refractivity contribution in [3.05, 3.63) is 29.8 Å². The third-order valence-corrected chi connectivity index (χ3v) is 3.22. The van der Waals surface area contributed by atoms with Gasteiger partial charge in [-0.2, -0.15) is 0 Å². The van der Waals surface area contributed by atoms with Crippen molar-refractivity contribution in [3.63, 3.8) is 0 Å². The summed E-state index contributed by atoms with van der Waals surface area (Å²) >= 11 is 0. The Morgan fingerprint density at radius 3 is 2.81 bits per heavy atom. The molecule has 0 amide bonds. The van der Waals surface area contributed by atoms with Crippen LogP contribution in [-0.4, -0.2) is 25.4 Å². The van der Waals surface area contributed by atoms with Gasteiger partial charge in [0, 0.05) is 19.1 Å². The van der Waals surface area contributed by atoms with Gasteiger partial charge in [0.15, 0.2) is 0 Å². The molecule has 0 bridgehead atoms. The van der Waals surface area contributed by atoms with E-state index in [1.165, 1.54) is 18.4 Å². The number of piperidine rings is 1. The number of hydrogen-bond acceptors (Lipinski definition) is 3. The number of hydrogen-bond donors (Lipinski definition) is 2. The lowest BCUT2D eigenvalue weighted by Crippen LogP contribution is -2.36. The highest BCUT2D eigenvalue weighted by molar-refractivity contribution is 5.28. The summed E-state index contributed by atoms with van der Waals surface area (Å²) in [7, 11) is 1.75. The fourth-order valence-corrected chi connectivity index (χ4v) is 2.42. The smallest absolute Gasteiger partial charge is 0.115 e. The summed E-state index contributed by atoms with van der Waals surface area (Å²) in [5.74, 6) is 0.853. The van der Waals surface area contributed by atoms with Crippen LogP contribution in [0.3, 0.4) is 0 Å². The predicted octanol–water partition coefficient (Wildman–Crippen LogP) is 2.08. The minimum atomic E-state index is 0.322. The predicted molar refractivity (Wildman–Crippen MR) is 63.5 cm³/mol. The Morgan fingerprint density at radius 1 is 1.38 bits per heavy atom. The Morgan fingerprint density at radius 2 is 2.12 bits per heavy atom. The topological polar surface area (TPSA) is 41.5 Å². The third-order valence-electron chi connectivity index (χ3n) is 3.22. The van der Waals surface area contributed by atoms with E-state index in [-0.39, 0.29) is 0 Å². The Bertz CT molecular complexity index is 321. The van der Waals surface area contributed by atoms with E-state index in [0.717, 1.165) is 13.2 Å². The number of nitrogens with one attached hydrogen (secondary N) is 1. The average molecular weight is 221 g/mol. The number of phenols is 1. The first-order valence-corrected chi connectivity index (χ1v) is 5.82. The monoisotopic (exact) mass is 221 g/mol. The normalized spacial score (nSPS) is 25.6. The quantitative estimate of drug-likeness (QED) is 0.821. The van der Waals surface area contributed by atoms with Gasteiger partial charge >= 0.3 is 0 Å². The molecule has 0 spiro atoms. The van der Waals surface area contributed by atoms with Crippen LogP contribution in [-0.2, 0) is 4.74 Å². The number of aromatic hydroxyl groups is 1. The highest BCUT2D eigenvalue weighted by Crippen LogP contribution is 2.30. The van der Waals surface area contributed by atoms with Crippen molar-refractivity contribution in [3.8, 4) is 5.75 Å². The Hall–Kier alpha value is -1.06. The van der Waals surface area contributed by atoms with Gasteiger partial charge in [-0.1, -0.05) is 12.1 Å². The zero-order chi connectivity index (χ0) is 11.4. The second kappa shape index (κ2) is 5.32. The summed E-state index contributed by atoms with van der Waals surface area (Å²) < 4.78 is 5.27. The van der Waals surface area contributed by atoms with E-state index >= 15 is 0 Å². The van der Waals surface area contributed by atoms with Crippen LogP contribution in [0.2, 0.25) is 0 Å². The van der Waals surface area contributed by atoms with Gasteiger partial charge in [-0.3, -0.25) is 0 Å². The van der Waals surface area contributed by atoms with E-state index in [2.05, 4.69) is 5.32 Å². The van der Waals surface area contributed by atoms with Crippen LogP contribution < -0.4 is 5.32 Å². The zero-order valence-electron chi connectivity index (χ0n) is 9.65. The van der Waals surface area contributed by atoms with Crippen molar-refractivity contribution in [1.82, 2.24) is 5.32 Å². The van der Waals surface area contributed by atoms with E-state index in [9.17, 15) is 5.11 Å². The summed E-state index contributed by atoms with van der Waals surface area (Å²) in [6.45, 7) is 1.85. The maximum absolute atomic E-state index is 9.28. The molecule has 1 aliphatic heterocycles. The molecule has 16 heavy (non-hydrogen) atoms. The molecular formula is C13H19NO2. The van der Waals surface area contributed by atoms with Gasteiger partial charge in [0.25, 0.3) is 0 Å². The number of methoxy groups -OCH3 is 1. The van der Waals surface area contributed by atoms with Gasteiger partial charge in [-0.25, -0.2) is 0 Å². The third kappa shape index (κ3) is 2.54. The van der Waals surface area contributed by atoms with Crippen LogP contribution in [0.15, 0.2) is 24.3 Å². The molecule has 1 aromatic carbocycles. The van der Waals surface area contributed by atoms with Crippen molar-refractivity contribution in [2.45, 2.75) is 18.9 Å². The highest BCUT2D eigenvalue weighted by atomic mass is 16.5. The second-order valence-electron chi connectivity index (χ2n) is 4.38. The number of phenolic OH excluding ortho intramolecular Hbond substituents is 1. The van der Waals surface area contributed by atoms with E-state index < -0.39 is 0 Å². The maximum Gasteiger partial charge on any atom is 0.115 e. The van der Waals surface area contributed by atoms with Gasteiger partial charge in [-0.05, 0) is 37.1 Å². The molecule has 0 radical (unpaired) electrons. The second-order valence-corrected chi connectivity index (χ2v) is 4.38. The van der Waals surface area contributed by atoms with Crippen LogP contribution in [0.1, 0.15) is 24.4 Å². The van der Waals surface area contributed by atoms with Crippen molar-refractivity contribution < 1.29 is 9.84 Å². The molecule has 1 aliphatic rings. The van der Waals surface area contributed by atoms with Crippen molar-refractivity contribution >= 4 is 0 Å². The summed E-state index contributed by atoms with van der Waals surface area (Å²) in [5, 5.41) is 12.8. The molecule has 2 rings (SSSR count). The lowest BCUT2D eigenvalue weighted by molar-refractivity contribution is 0.112. The summed E-state index contributed by atoms with van der Waals surface area (Å²) in [4.78, 5) is 0. The molecule has 1 heterocycles. The minimum Gasteiger partial charge on any atom is -0.508 e. The zero-order valence-corrected chi connectivity index (χ0v) is 9.65. The lowest BCUT2D eigenvalue weighted by atomic mass is 9.87. The standard InChI is InChI=1S/C13H19NO2/c1-16-9-11-3-2-8-14-13(11)10-4-6-12(15)7-5-10/h4-7,11,13-15H,2-3,8-9H2,1H3. The molecule has 2 N–H and O–H groups in total. The largest absolute Gasteiger partial charge is 0.508 e. The first-order chi connectivity index (χ1) is 7.81. The lowest BCUT2D eigenvalue weighted by Gasteiger charge is -2.32. The Labute approximate surface area is 96.4 Å². The summed E-state index contributed by atoms with van der Waals surface area (Å²) in [6.07, 6.45) is 2.41. The first kappa shape index (κ1) is 11.4. The Kier molecular flexibility index (Phi) is 3.80. The van der Waals surface area contributed by atoms with Crippen LogP contribution in [0, 0.1) is 5.92 Å². The average Bonchev–Trinajstić information content (AvgIpc) is 2.32. The van der Waals surface area contributed by atoms with E-state index in [1.807, 2.05) is 12.1 Å². The van der Waals surface area contributed by atoms with E-state index in [1.54, 1.807) is 19.2 Å². The number of rotatable bonds is 3. The maximum atomic E-state index is 9.28. The van der Waals surface area contributed by atoms with Gasteiger partial charge in [0.2, 0.25) is 0 Å². The van der Waals surface area contributed by atoms with Crippen molar-refractivity contribution in [2.75, 3.05) is 20.3 Å². The molecular weight excluding hydrogens is 202 g/mol. The molecule has 3 nitrogen and oxygen atoms in total. The van der Waals surface area contributed by atoms with Crippen molar-refractivity contribution in [2.24, 2.45) is 5.92 Å². The molecule has 2 atom stereocenters. The minimum absolute atomic E-state index is 0.322. The molecule has 1 fully saturated rings. The van der Waals surface area contributed by atoms with Crippen molar-refractivity contribution in [1.29, 1.82) is 0 Å². The van der Waals surface area contributed by atoms with Crippen LogP contribution in [0.25, 0.3) is 0 Å². The molecule has 88 valence electrons. The van der Waals surface area contributed by atoms with Crippen LogP contribution in [0.4, 0.5) is 0 Å². The molecule has 1 aromatic rings. The fraction of sp³-hybridized carbons (Fsp3) is 0.538. The van der Waals surface area contributed by atoms with Gasteiger partial charge in [0.05, 0.1) is 6.61 Å². The Balaban J connectivity index is 2.13. The molecule has 2 unspecified atom stereocenters. The molecule has 0 saturated carbocycles. The van der Waals surface area contributed by atoms with Gasteiger partial charge in [-0.15, -0.1) is 0 Å². The van der Waals surface area contributed by atoms with Crippen LogP contribution in [0.5, 0.6) is 5.75 Å². The van der Waals surface area contributed by atoms with Gasteiger partial charge < -0.3 is 15.2 Å². The highest BCUT2D eigenvalue weighted by Gasteiger charge is 2.25. The summed E-state index contributed by atoms with van der Waals surface area (Å²) in [6, 6.07) is 7.82. The molecule has 3 heteroatoms. The first-order valence-electron chi connectivity index (χ1n) is 5.82. The summed E-state index contributed by atoms with van der Waals surface area (Å²) in [5.41, 5.74) is 1.24. The van der Waals surface area contributed by atoms with Crippen LogP contribution >= 0.6 is 0 Å². The molecule has 0 aliphatic carbocycles. The number of benzene rings is 1. The molecule has 0 aromatic heterocycles.